The largest absolute Gasteiger partial charge is 0.379 e. The van der Waals surface area contributed by atoms with Gasteiger partial charge in [0.15, 0.2) is 5.17 Å². The van der Waals surface area contributed by atoms with Crippen molar-refractivity contribution in [1.82, 2.24) is 4.57 Å². The zero-order valence-electron chi connectivity index (χ0n) is 15.6. The number of carbonyl (C=O) groups is 1. The van der Waals surface area contributed by atoms with Crippen LogP contribution in [-0.2, 0) is 5.54 Å². The van der Waals surface area contributed by atoms with Crippen molar-refractivity contribution in [1.29, 1.82) is 0 Å². The minimum Gasteiger partial charge on any atom is -0.379 e. The first-order valence-corrected chi connectivity index (χ1v) is 10.2. The number of carbonyl (C=O) groups excluding carboxylic acids is 1. The number of para-hydroxylation sites is 1. The summed E-state index contributed by atoms with van der Waals surface area (Å²) in [5, 5.41) is 3.65. The third kappa shape index (κ3) is 3.68. The third-order valence-electron chi connectivity index (χ3n) is 4.97. The van der Waals surface area contributed by atoms with E-state index in [1.54, 1.807) is 11.8 Å². The number of aromatic nitrogens is 1. The van der Waals surface area contributed by atoms with E-state index < -0.39 is 0 Å². The van der Waals surface area contributed by atoms with Crippen molar-refractivity contribution in [3.8, 4) is 5.69 Å². The van der Waals surface area contributed by atoms with Crippen LogP contribution in [0.4, 0.5) is 5.69 Å². The Hall–Kier alpha value is -2.99. The summed E-state index contributed by atoms with van der Waals surface area (Å²) < 4.78 is 1.93. The number of benzene rings is 2. The van der Waals surface area contributed by atoms with Crippen molar-refractivity contribution in [2.24, 2.45) is 10.7 Å². The van der Waals surface area contributed by atoms with Gasteiger partial charge >= 0.3 is 0 Å². The van der Waals surface area contributed by atoms with Gasteiger partial charge in [0.1, 0.15) is 0 Å². The number of thioether (sulfide) groups is 1. The van der Waals surface area contributed by atoms with Crippen molar-refractivity contribution in [2.75, 3.05) is 11.1 Å². The molecule has 142 valence electrons. The molecule has 1 amide bonds. The highest BCUT2D eigenvalue weighted by Crippen LogP contribution is 2.36. The average Bonchev–Trinajstić information content (AvgIpc) is 3.23. The molecule has 5 nitrogen and oxygen atoms in total. The fraction of sp³-hybridized carbons (Fsp3) is 0.182. The van der Waals surface area contributed by atoms with Crippen LogP contribution in [0.25, 0.3) is 5.69 Å². The van der Waals surface area contributed by atoms with Crippen LogP contribution >= 0.6 is 11.8 Å². The van der Waals surface area contributed by atoms with E-state index in [-0.39, 0.29) is 11.4 Å². The molecule has 6 heteroatoms. The van der Waals surface area contributed by atoms with Crippen LogP contribution in [0.5, 0.6) is 0 Å². The maximum atomic E-state index is 13.0. The lowest BCUT2D eigenvalue weighted by Gasteiger charge is -2.30. The molecule has 1 aliphatic rings. The lowest BCUT2D eigenvalue weighted by molar-refractivity contribution is 0.102. The molecule has 0 bridgehead atoms. The first-order valence-electron chi connectivity index (χ1n) is 9.18. The third-order valence-corrected chi connectivity index (χ3v) is 5.76. The van der Waals surface area contributed by atoms with Gasteiger partial charge in [-0.15, -0.1) is 0 Å². The molecule has 1 unspecified atom stereocenters. The van der Waals surface area contributed by atoms with E-state index in [0.717, 1.165) is 29.1 Å². The minimum atomic E-state index is -0.362. The van der Waals surface area contributed by atoms with Crippen molar-refractivity contribution in [3.05, 3.63) is 84.2 Å². The number of hydrogen-bond donors (Lipinski definition) is 2. The second-order valence-electron chi connectivity index (χ2n) is 6.96. The number of nitrogens with zero attached hydrogens (tertiary/aromatic N) is 2. The molecule has 1 atom stereocenters. The van der Waals surface area contributed by atoms with Gasteiger partial charge in [0.05, 0.1) is 16.8 Å². The molecule has 1 aliphatic heterocycles. The molecular weight excluding hydrogens is 368 g/mol. The first-order chi connectivity index (χ1) is 13.5. The number of amidine groups is 1. The lowest BCUT2D eigenvalue weighted by atomic mass is 9.89. The van der Waals surface area contributed by atoms with Gasteiger partial charge in [0.2, 0.25) is 0 Å². The molecule has 1 aromatic heterocycles. The standard InChI is InChI=1S/C22H22N4OS/c1-22(11-14-28-21(23)25-22)16-7-6-8-17(15-16)24-20(27)18-9-2-3-10-19(18)26-12-4-5-13-26/h2-10,12-13,15H,11,14H2,1H3,(H2,23,25)(H,24,27). The van der Waals surface area contributed by atoms with Gasteiger partial charge in [-0.1, -0.05) is 36.0 Å². The molecule has 3 N–H and O–H groups in total. The zero-order chi connectivity index (χ0) is 19.6. The van der Waals surface area contributed by atoms with Crippen molar-refractivity contribution >= 4 is 28.5 Å². The van der Waals surface area contributed by atoms with E-state index in [1.807, 2.05) is 77.6 Å². The summed E-state index contributed by atoms with van der Waals surface area (Å²) in [6, 6.07) is 19.3. The fourth-order valence-corrected chi connectivity index (χ4v) is 4.39. The van der Waals surface area contributed by atoms with Crippen LogP contribution in [0.15, 0.2) is 78.0 Å². The molecule has 0 saturated heterocycles. The highest BCUT2D eigenvalue weighted by atomic mass is 32.2. The second-order valence-corrected chi connectivity index (χ2v) is 8.08. The number of aliphatic imine (C=N–C) groups is 1. The quantitative estimate of drug-likeness (QED) is 0.694. The molecule has 2 heterocycles. The fourth-order valence-electron chi connectivity index (χ4n) is 3.41. The molecule has 0 spiro atoms. The van der Waals surface area contributed by atoms with Gasteiger partial charge in [-0.05, 0) is 55.3 Å². The van der Waals surface area contributed by atoms with Crippen LogP contribution in [0.2, 0.25) is 0 Å². The van der Waals surface area contributed by atoms with E-state index >= 15 is 0 Å². The van der Waals surface area contributed by atoms with E-state index in [0.29, 0.717) is 10.7 Å². The van der Waals surface area contributed by atoms with E-state index in [1.165, 1.54) is 0 Å². The minimum absolute atomic E-state index is 0.145. The molecule has 0 fully saturated rings. The summed E-state index contributed by atoms with van der Waals surface area (Å²) >= 11 is 1.58. The van der Waals surface area contributed by atoms with Crippen molar-refractivity contribution in [2.45, 2.75) is 18.9 Å². The molecule has 3 aromatic rings. The Morgan fingerprint density at radius 2 is 1.93 bits per heavy atom. The van der Waals surface area contributed by atoms with Crippen LogP contribution in [0, 0.1) is 0 Å². The van der Waals surface area contributed by atoms with Crippen LogP contribution < -0.4 is 11.1 Å². The maximum Gasteiger partial charge on any atom is 0.257 e. The van der Waals surface area contributed by atoms with Crippen LogP contribution in [-0.4, -0.2) is 21.4 Å². The summed E-state index contributed by atoms with van der Waals surface area (Å²) in [5.74, 6) is 0.793. The molecule has 0 radical (unpaired) electrons. The number of nitrogens with two attached hydrogens (primary N) is 1. The monoisotopic (exact) mass is 390 g/mol. The topological polar surface area (TPSA) is 72.4 Å². The highest BCUT2D eigenvalue weighted by Gasteiger charge is 2.29. The molecule has 28 heavy (non-hydrogen) atoms. The smallest absolute Gasteiger partial charge is 0.257 e. The normalized spacial score (nSPS) is 19.1. The number of anilines is 1. The second kappa shape index (κ2) is 7.56. The molecule has 0 aliphatic carbocycles. The summed E-state index contributed by atoms with van der Waals surface area (Å²) in [7, 11) is 0. The van der Waals surface area contributed by atoms with Gasteiger partial charge in [-0.3, -0.25) is 9.79 Å². The Bertz CT molecular complexity index is 1030. The average molecular weight is 391 g/mol. The molecular formula is C22H22N4OS. The predicted octanol–water partition coefficient (Wildman–Crippen LogP) is 4.40. The van der Waals surface area contributed by atoms with Crippen LogP contribution in [0.3, 0.4) is 0 Å². The number of hydrogen-bond acceptors (Lipinski definition) is 4. The van der Waals surface area contributed by atoms with Gasteiger partial charge in [-0.25, -0.2) is 0 Å². The summed E-state index contributed by atoms with van der Waals surface area (Å²) in [6.07, 6.45) is 4.76. The van der Waals surface area contributed by atoms with E-state index in [2.05, 4.69) is 17.2 Å². The number of nitrogens with one attached hydrogen (secondary N) is 1. The van der Waals surface area contributed by atoms with Gasteiger partial charge < -0.3 is 15.6 Å². The molecule has 2 aromatic carbocycles. The predicted molar refractivity (Wildman–Crippen MR) is 116 cm³/mol. The number of amides is 1. The highest BCUT2D eigenvalue weighted by molar-refractivity contribution is 8.13. The van der Waals surface area contributed by atoms with Gasteiger partial charge in [0, 0.05) is 23.8 Å². The van der Waals surface area contributed by atoms with E-state index in [9.17, 15) is 4.79 Å². The summed E-state index contributed by atoms with van der Waals surface area (Å²) in [6.45, 7) is 2.09. The summed E-state index contributed by atoms with van der Waals surface area (Å²) in [5.41, 5.74) is 8.84. The van der Waals surface area contributed by atoms with Gasteiger partial charge in [0.25, 0.3) is 5.91 Å². The first kappa shape index (κ1) is 18.4. The maximum absolute atomic E-state index is 13.0. The Morgan fingerprint density at radius 1 is 1.14 bits per heavy atom. The molecule has 4 rings (SSSR count). The Kier molecular flexibility index (Phi) is 4.96. The Morgan fingerprint density at radius 3 is 2.71 bits per heavy atom. The summed E-state index contributed by atoms with van der Waals surface area (Å²) in [4.78, 5) is 17.6. The van der Waals surface area contributed by atoms with Crippen molar-refractivity contribution in [3.63, 3.8) is 0 Å². The SMILES string of the molecule is CC1(c2cccc(NC(=O)c3ccccc3-n3cccc3)c2)CCSC(N)=N1. The van der Waals surface area contributed by atoms with Crippen molar-refractivity contribution < 1.29 is 4.79 Å². The zero-order valence-corrected chi connectivity index (χ0v) is 16.4. The molecule has 0 saturated carbocycles. The van der Waals surface area contributed by atoms with Crippen LogP contribution in [0.1, 0.15) is 29.3 Å². The Balaban J connectivity index is 1.61. The van der Waals surface area contributed by atoms with Gasteiger partial charge in [-0.2, -0.15) is 0 Å². The number of rotatable bonds is 4. The van der Waals surface area contributed by atoms with E-state index in [4.69, 9.17) is 5.73 Å². The Labute approximate surface area is 168 Å². The lowest BCUT2D eigenvalue weighted by Crippen LogP contribution is -2.28.